The first-order valence-corrected chi connectivity index (χ1v) is 5.46. The fraction of sp³-hybridized carbons (Fsp3) is 0.900. The molecule has 1 fully saturated rings. The Labute approximate surface area is 97.6 Å². The quantitative estimate of drug-likeness (QED) is 0.668. The molecule has 0 saturated heterocycles. The maximum absolute atomic E-state index is 11.5. The zero-order valence-electron chi connectivity index (χ0n) is 9.24. The second-order valence-electron chi connectivity index (χ2n) is 4.08. The molecule has 4 nitrogen and oxygen atoms in total. The van der Waals surface area contributed by atoms with Gasteiger partial charge in [-0.1, -0.05) is 19.8 Å². The molecule has 5 N–H and O–H groups in total. The Kier molecular flexibility index (Phi) is 6.89. The van der Waals surface area contributed by atoms with Gasteiger partial charge in [0, 0.05) is 12.1 Å². The minimum atomic E-state index is -0.385. The first-order valence-electron chi connectivity index (χ1n) is 5.46. The van der Waals surface area contributed by atoms with Gasteiger partial charge >= 0.3 is 0 Å². The minimum Gasteiger partial charge on any atom is -0.350 e. The van der Waals surface area contributed by atoms with Gasteiger partial charge in [-0.3, -0.25) is 4.79 Å². The van der Waals surface area contributed by atoms with Crippen molar-refractivity contribution in [3.63, 3.8) is 0 Å². The summed E-state index contributed by atoms with van der Waals surface area (Å²) >= 11 is 0. The normalized spacial score (nSPS) is 27.7. The smallest absolute Gasteiger partial charge is 0.237 e. The van der Waals surface area contributed by atoms with Crippen molar-refractivity contribution in [1.29, 1.82) is 0 Å². The van der Waals surface area contributed by atoms with Gasteiger partial charge in [0.05, 0.1) is 6.04 Å². The highest BCUT2D eigenvalue weighted by Crippen LogP contribution is 2.16. The lowest BCUT2D eigenvalue weighted by molar-refractivity contribution is -0.123. The number of carbonyl (C=O) groups excluding carboxylic acids is 1. The summed E-state index contributed by atoms with van der Waals surface area (Å²) in [5.41, 5.74) is 11.5. The molecule has 1 amide bonds. The highest BCUT2D eigenvalue weighted by Gasteiger charge is 2.24. The molecule has 1 aliphatic carbocycles. The molecule has 0 aromatic heterocycles. The van der Waals surface area contributed by atoms with E-state index < -0.39 is 0 Å². The molecular formula is C10H22ClN3O. The Morgan fingerprint density at radius 1 is 1.47 bits per heavy atom. The summed E-state index contributed by atoms with van der Waals surface area (Å²) in [5, 5.41) is 2.93. The van der Waals surface area contributed by atoms with E-state index in [2.05, 4.69) is 5.32 Å². The predicted molar refractivity (Wildman–Crippen MR) is 63.9 cm³/mol. The van der Waals surface area contributed by atoms with Gasteiger partial charge in [-0.25, -0.2) is 0 Å². The topological polar surface area (TPSA) is 81.1 Å². The van der Waals surface area contributed by atoms with Crippen molar-refractivity contribution in [2.45, 2.75) is 57.2 Å². The molecule has 1 aliphatic rings. The van der Waals surface area contributed by atoms with Crippen LogP contribution in [0.2, 0.25) is 0 Å². The van der Waals surface area contributed by atoms with E-state index in [1.54, 1.807) is 0 Å². The number of nitrogens with one attached hydrogen (secondary N) is 1. The SMILES string of the molecule is CCC(N)C(=O)NC1CCCCC1N.Cl. The fourth-order valence-electron chi connectivity index (χ4n) is 1.81. The van der Waals surface area contributed by atoms with Crippen molar-refractivity contribution in [1.82, 2.24) is 5.32 Å². The number of halogens is 1. The third kappa shape index (κ3) is 4.36. The van der Waals surface area contributed by atoms with Gasteiger partial charge in [-0.15, -0.1) is 12.4 Å². The third-order valence-electron chi connectivity index (χ3n) is 2.92. The van der Waals surface area contributed by atoms with Gasteiger partial charge in [0.2, 0.25) is 5.91 Å². The van der Waals surface area contributed by atoms with E-state index in [0.29, 0.717) is 6.42 Å². The Bertz CT molecular complexity index is 201. The monoisotopic (exact) mass is 235 g/mol. The molecule has 15 heavy (non-hydrogen) atoms. The molecule has 1 saturated carbocycles. The Balaban J connectivity index is 0.00000196. The van der Waals surface area contributed by atoms with Gasteiger partial charge in [0.15, 0.2) is 0 Å². The molecule has 0 aromatic carbocycles. The van der Waals surface area contributed by atoms with E-state index in [4.69, 9.17) is 11.5 Å². The summed E-state index contributed by atoms with van der Waals surface area (Å²) in [7, 11) is 0. The van der Waals surface area contributed by atoms with E-state index in [0.717, 1.165) is 19.3 Å². The number of rotatable bonds is 3. The molecular weight excluding hydrogens is 214 g/mol. The second-order valence-corrected chi connectivity index (χ2v) is 4.08. The lowest BCUT2D eigenvalue weighted by Crippen LogP contribution is -2.53. The summed E-state index contributed by atoms with van der Waals surface area (Å²) in [4.78, 5) is 11.5. The third-order valence-corrected chi connectivity index (χ3v) is 2.92. The van der Waals surface area contributed by atoms with Crippen LogP contribution in [-0.2, 0) is 4.79 Å². The first kappa shape index (κ1) is 14.7. The standard InChI is InChI=1S/C10H21N3O.ClH/c1-2-7(11)10(14)13-9-6-4-3-5-8(9)12;/h7-9H,2-6,11-12H2,1H3,(H,13,14);1H. The Morgan fingerprint density at radius 2 is 2.07 bits per heavy atom. The second kappa shape index (κ2) is 7.04. The number of hydrogen-bond donors (Lipinski definition) is 3. The molecule has 0 radical (unpaired) electrons. The summed E-state index contributed by atoms with van der Waals surface area (Å²) in [6.45, 7) is 1.91. The zero-order valence-corrected chi connectivity index (χ0v) is 10.1. The van der Waals surface area contributed by atoms with Gasteiger partial charge in [0.25, 0.3) is 0 Å². The summed E-state index contributed by atoms with van der Waals surface area (Å²) in [6, 6.07) is -0.144. The fourth-order valence-corrected chi connectivity index (χ4v) is 1.81. The highest BCUT2D eigenvalue weighted by molar-refractivity contribution is 5.85. The lowest BCUT2D eigenvalue weighted by Gasteiger charge is -2.30. The van der Waals surface area contributed by atoms with Crippen molar-refractivity contribution >= 4 is 18.3 Å². The van der Waals surface area contributed by atoms with Crippen LogP contribution in [0.25, 0.3) is 0 Å². The predicted octanol–water partition coefficient (Wildman–Crippen LogP) is 0.532. The van der Waals surface area contributed by atoms with Crippen LogP contribution in [0.4, 0.5) is 0 Å². The molecule has 1 rings (SSSR count). The molecule has 0 spiro atoms. The summed E-state index contributed by atoms with van der Waals surface area (Å²) in [5.74, 6) is -0.0603. The van der Waals surface area contributed by atoms with E-state index in [1.807, 2.05) is 6.92 Å². The maximum atomic E-state index is 11.5. The van der Waals surface area contributed by atoms with E-state index in [9.17, 15) is 4.79 Å². The van der Waals surface area contributed by atoms with Crippen LogP contribution in [-0.4, -0.2) is 24.0 Å². The molecule has 3 atom stereocenters. The molecule has 90 valence electrons. The molecule has 0 heterocycles. The van der Waals surface area contributed by atoms with Gasteiger partial charge in [0.1, 0.15) is 0 Å². The zero-order chi connectivity index (χ0) is 10.6. The van der Waals surface area contributed by atoms with Crippen molar-refractivity contribution in [3.05, 3.63) is 0 Å². The summed E-state index contributed by atoms with van der Waals surface area (Å²) < 4.78 is 0. The molecule has 3 unspecified atom stereocenters. The number of carbonyl (C=O) groups is 1. The summed E-state index contributed by atoms with van der Waals surface area (Å²) in [6.07, 6.45) is 5.00. The van der Waals surface area contributed by atoms with Crippen LogP contribution in [0.1, 0.15) is 39.0 Å². The maximum Gasteiger partial charge on any atom is 0.237 e. The van der Waals surface area contributed by atoms with Crippen LogP contribution in [0.5, 0.6) is 0 Å². The Hall–Kier alpha value is -0.320. The number of amides is 1. The van der Waals surface area contributed by atoms with Crippen molar-refractivity contribution in [3.8, 4) is 0 Å². The van der Waals surface area contributed by atoms with Crippen LogP contribution in [0, 0.1) is 0 Å². The van der Waals surface area contributed by atoms with Crippen LogP contribution >= 0.6 is 12.4 Å². The van der Waals surface area contributed by atoms with E-state index in [-0.39, 0.29) is 36.4 Å². The average Bonchev–Trinajstić information content (AvgIpc) is 2.20. The molecule has 0 bridgehead atoms. The molecule has 5 heteroatoms. The highest BCUT2D eigenvalue weighted by atomic mass is 35.5. The number of hydrogen-bond acceptors (Lipinski definition) is 3. The number of nitrogens with two attached hydrogens (primary N) is 2. The van der Waals surface area contributed by atoms with Crippen LogP contribution < -0.4 is 16.8 Å². The molecule has 0 aliphatic heterocycles. The minimum absolute atomic E-state index is 0. The first-order chi connectivity index (χ1) is 6.65. The van der Waals surface area contributed by atoms with Gasteiger partial charge in [-0.2, -0.15) is 0 Å². The van der Waals surface area contributed by atoms with E-state index >= 15 is 0 Å². The lowest BCUT2D eigenvalue weighted by atomic mass is 9.91. The van der Waals surface area contributed by atoms with Crippen molar-refractivity contribution < 1.29 is 4.79 Å². The van der Waals surface area contributed by atoms with Gasteiger partial charge < -0.3 is 16.8 Å². The average molecular weight is 236 g/mol. The van der Waals surface area contributed by atoms with Crippen molar-refractivity contribution in [2.75, 3.05) is 0 Å². The Morgan fingerprint density at radius 3 is 2.60 bits per heavy atom. The largest absolute Gasteiger partial charge is 0.350 e. The van der Waals surface area contributed by atoms with Crippen molar-refractivity contribution in [2.24, 2.45) is 11.5 Å². The van der Waals surface area contributed by atoms with Gasteiger partial charge in [-0.05, 0) is 19.3 Å². The molecule has 0 aromatic rings. The van der Waals surface area contributed by atoms with Crippen LogP contribution in [0.3, 0.4) is 0 Å². The van der Waals surface area contributed by atoms with Crippen LogP contribution in [0.15, 0.2) is 0 Å². The van der Waals surface area contributed by atoms with E-state index in [1.165, 1.54) is 6.42 Å².